The average molecular weight is 276 g/mol. The quantitative estimate of drug-likeness (QED) is 0.914. The number of rotatable bonds is 4. The lowest BCUT2D eigenvalue weighted by Gasteiger charge is -2.35. The Hall–Kier alpha value is -1.36. The molecule has 2 unspecified atom stereocenters. The Labute approximate surface area is 120 Å². The van der Waals surface area contributed by atoms with Gasteiger partial charge in [-0.3, -0.25) is 0 Å². The zero-order valence-corrected chi connectivity index (χ0v) is 12.4. The molecular formula is C15H24N4O. The molecule has 0 aliphatic carbocycles. The first-order chi connectivity index (χ1) is 9.70. The molecule has 5 nitrogen and oxygen atoms in total. The van der Waals surface area contributed by atoms with Gasteiger partial charge in [-0.25, -0.2) is 4.98 Å². The van der Waals surface area contributed by atoms with Gasteiger partial charge in [0.1, 0.15) is 0 Å². The highest BCUT2D eigenvalue weighted by molar-refractivity contribution is 5.29. The van der Waals surface area contributed by atoms with E-state index < -0.39 is 0 Å². The predicted octanol–water partition coefficient (Wildman–Crippen LogP) is 2.30. The number of piperidine rings is 1. The Morgan fingerprint density at radius 1 is 1.35 bits per heavy atom. The van der Waals surface area contributed by atoms with E-state index in [-0.39, 0.29) is 6.10 Å². The Morgan fingerprint density at radius 3 is 3.10 bits per heavy atom. The van der Waals surface area contributed by atoms with E-state index in [2.05, 4.69) is 20.2 Å². The minimum atomic E-state index is 0.138. The van der Waals surface area contributed by atoms with Gasteiger partial charge in [0, 0.05) is 30.9 Å². The van der Waals surface area contributed by atoms with Gasteiger partial charge in [-0.2, -0.15) is 4.98 Å². The second-order valence-corrected chi connectivity index (χ2v) is 6.08. The highest BCUT2D eigenvalue weighted by atomic mass is 16.5. The van der Waals surface area contributed by atoms with Crippen LogP contribution in [-0.4, -0.2) is 46.1 Å². The van der Waals surface area contributed by atoms with Crippen molar-refractivity contribution in [3.63, 3.8) is 0 Å². The van der Waals surface area contributed by atoms with Crippen molar-refractivity contribution in [3.8, 4) is 5.88 Å². The molecule has 110 valence electrons. The highest BCUT2D eigenvalue weighted by Crippen LogP contribution is 2.28. The molecule has 20 heavy (non-hydrogen) atoms. The Morgan fingerprint density at radius 2 is 2.25 bits per heavy atom. The van der Waals surface area contributed by atoms with Crippen LogP contribution in [0.3, 0.4) is 0 Å². The molecule has 0 amide bonds. The van der Waals surface area contributed by atoms with Crippen LogP contribution >= 0.6 is 0 Å². The van der Waals surface area contributed by atoms with E-state index in [0.29, 0.717) is 17.9 Å². The van der Waals surface area contributed by atoms with Crippen LogP contribution < -0.4 is 10.1 Å². The van der Waals surface area contributed by atoms with Crippen LogP contribution in [-0.2, 0) is 0 Å². The van der Waals surface area contributed by atoms with E-state index in [4.69, 9.17) is 4.74 Å². The first-order valence-electron chi connectivity index (χ1n) is 7.71. The van der Waals surface area contributed by atoms with Crippen molar-refractivity contribution in [3.05, 3.63) is 12.3 Å². The molecule has 5 heteroatoms. The predicted molar refractivity (Wildman–Crippen MR) is 79.0 cm³/mol. The van der Waals surface area contributed by atoms with E-state index in [1.807, 2.05) is 19.9 Å². The van der Waals surface area contributed by atoms with Crippen molar-refractivity contribution in [1.29, 1.82) is 0 Å². The van der Waals surface area contributed by atoms with Crippen LogP contribution in [0.15, 0.2) is 12.3 Å². The van der Waals surface area contributed by atoms with Crippen LogP contribution in [0.5, 0.6) is 5.88 Å². The minimum absolute atomic E-state index is 0.138. The molecule has 3 rings (SSSR count). The summed E-state index contributed by atoms with van der Waals surface area (Å²) < 4.78 is 5.61. The number of ether oxygens (including phenoxy) is 1. The lowest BCUT2D eigenvalue weighted by Crippen LogP contribution is -2.43. The molecule has 2 saturated heterocycles. The van der Waals surface area contributed by atoms with Gasteiger partial charge < -0.3 is 15.0 Å². The van der Waals surface area contributed by atoms with Crippen LogP contribution in [0.2, 0.25) is 0 Å². The van der Waals surface area contributed by atoms with Crippen LogP contribution in [0.25, 0.3) is 0 Å². The first-order valence-corrected chi connectivity index (χ1v) is 7.71. The molecule has 0 radical (unpaired) electrons. The second-order valence-electron chi connectivity index (χ2n) is 6.08. The smallest absolute Gasteiger partial charge is 0.226 e. The Bertz CT molecular complexity index is 451. The molecule has 3 heterocycles. The number of nitrogens with zero attached hydrogens (tertiary/aromatic N) is 3. The lowest BCUT2D eigenvalue weighted by atomic mass is 9.98. The summed E-state index contributed by atoms with van der Waals surface area (Å²) in [5.74, 6) is 1.34. The van der Waals surface area contributed by atoms with E-state index in [9.17, 15) is 0 Å². The van der Waals surface area contributed by atoms with Crippen molar-refractivity contribution in [2.75, 3.05) is 18.4 Å². The fraction of sp³-hybridized carbons (Fsp3) is 0.733. The summed E-state index contributed by atoms with van der Waals surface area (Å²) in [6.45, 7) is 6.49. The van der Waals surface area contributed by atoms with E-state index in [1.165, 1.54) is 38.8 Å². The SMILES string of the molecule is CC(C)Oc1ccnc(NC2CCN3CCCC3C2)n1. The van der Waals surface area contributed by atoms with Gasteiger partial charge in [0.25, 0.3) is 0 Å². The van der Waals surface area contributed by atoms with Crippen LogP contribution in [0.4, 0.5) is 5.95 Å². The first kappa shape index (κ1) is 13.6. The zero-order chi connectivity index (χ0) is 13.9. The fourth-order valence-electron chi connectivity index (χ4n) is 3.26. The largest absolute Gasteiger partial charge is 0.475 e. The fourth-order valence-corrected chi connectivity index (χ4v) is 3.26. The zero-order valence-electron chi connectivity index (χ0n) is 12.4. The van der Waals surface area contributed by atoms with Crippen molar-refractivity contribution in [2.45, 2.75) is 57.7 Å². The molecular weight excluding hydrogens is 252 g/mol. The number of fused-ring (bicyclic) bond motifs is 1. The van der Waals surface area contributed by atoms with Crippen molar-refractivity contribution in [1.82, 2.24) is 14.9 Å². The van der Waals surface area contributed by atoms with Gasteiger partial charge in [-0.15, -0.1) is 0 Å². The summed E-state index contributed by atoms with van der Waals surface area (Å²) in [4.78, 5) is 11.4. The summed E-state index contributed by atoms with van der Waals surface area (Å²) in [5.41, 5.74) is 0. The summed E-state index contributed by atoms with van der Waals surface area (Å²) >= 11 is 0. The molecule has 0 spiro atoms. The number of hydrogen-bond donors (Lipinski definition) is 1. The third-order valence-electron chi connectivity index (χ3n) is 4.14. The standard InChI is InChI=1S/C15H24N4O/c1-11(2)20-14-5-7-16-15(18-14)17-12-6-9-19-8-3-4-13(19)10-12/h5,7,11-13H,3-4,6,8-10H2,1-2H3,(H,16,17,18). The van der Waals surface area contributed by atoms with Gasteiger partial charge in [-0.05, 0) is 46.1 Å². The molecule has 2 aliphatic rings. The normalized spacial score (nSPS) is 26.6. The number of nitrogens with one attached hydrogen (secondary N) is 1. The van der Waals surface area contributed by atoms with Crippen LogP contribution in [0.1, 0.15) is 39.5 Å². The molecule has 1 N–H and O–H groups in total. The monoisotopic (exact) mass is 276 g/mol. The molecule has 2 atom stereocenters. The molecule has 0 saturated carbocycles. The second kappa shape index (κ2) is 5.95. The van der Waals surface area contributed by atoms with Gasteiger partial charge in [-0.1, -0.05) is 0 Å². The number of hydrogen-bond acceptors (Lipinski definition) is 5. The van der Waals surface area contributed by atoms with E-state index >= 15 is 0 Å². The van der Waals surface area contributed by atoms with Gasteiger partial charge in [0.2, 0.25) is 11.8 Å². The molecule has 0 aromatic carbocycles. The molecule has 1 aromatic rings. The van der Waals surface area contributed by atoms with Crippen molar-refractivity contribution >= 4 is 5.95 Å². The topological polar surface area (TPSA) is 50.3 Å². The summed E-state index contributed by atoms with van der Waals surface area (Å²) in [7, 11) is 0. The molecule has 0 bridgehead atoms. The molecule has 2 fully saturated rings. The minimum Gasteiger partial charge on any atom is -0.475 e. The Kier molecular flexibility index (Phi) is 4.05. The maximum atomic E-state index is 5.61. The third kappa shape index (κ3) is 3.20. The summed E-state index contributed by atoms with van der Waals surface area (Å²) in [5, 5.41) is 3.48. The third-order valence-corrected chi connectivity index (χ3v) is 4.14. The van der Waals surface area contributed by atoms with Gasteiger partial charge in [0.15, 0.2) is 0 Å². The maximum absolute atomic E-state index is 5.61. The Balaban J connectivity index is 1.60. The van der Waals surface area contributed by atoms with E-state index in [0.717, 1.165) is 6.04 Å². The summed E-state index contributed by atoms with van der Waals surface area (Å²) in [6, 6.07) is 3.06. The van der Waals surface area contributed by atoms with Crippen molar-refractivity contribution in [2.24, 2.45) is 0 Å². The number of aromatic nitrogens is 2. The van der Waals surface area contributed by atoms with E-state index in [1.54, 1.807) is 6.20 Å². The van der Waals surface area contributed by atoms with Crippen molar-refractivity contribution < 1.29 is 4.74 Å². The number of anilines is 1. The maximum Gasteiger partial charge on any atom is 0.226 e. The lowest BCUT2D eigenvalue weighted by molar-refractivity contribution is 0.187. The average Bonchev–Trinajstić information content (AvgIpc) is 2.85. The highest BCUT2D eigenvalue weighted by Gasteiger charge is 2.31. The van der Waals surface area contributed by atoms with Crippen LogP contribution in [0, 0.1) is 0 Å². The van der Waals surface area contributed by atoms with Gasteiger partial charge >= 0.3 is 0 Å². The summed E-state index contributed by atoms with van der Waals surface area (Å²) in [6.07, 6.45) is 6.98. The molecule has 1 aromatic heterocycles. The van der Waals surface area contributed by atoms with Gasteiger partial charge in [0.05, 0.1) is 6.10 Å². The molecule has 2 aliphatic heterocycles.